The minimum atomic E-state index is -0.640. The van der Waals surface area contributed by atoms with Crippen molar-refractivity contribution >= 4 is 17.6 Å². The Hall–Kier alpha value is -1.02. The van der Waals surface area contributed by atoms with Crippen molar-refractivity contribution in [2.24, 2.45) is 11.3 Å². The third-order valence-electron chi connectivity index (χ3n) is 5.81. The predicted octanol–water partition coefficient (Wildman–Crippen LogP) is 4.43. The van der Waals surface area contributed by atoms with Crippen molar-refractivity contribution in [3.63, 3.8) is 0 Å². The highest BCUT2D eigenvalue weighted by molar-refractivity contribution is 6.30. The van der Waals surface area contributed by atoms with Crippen LogP contribution in [0.2, 0.25) is 5.02 Å². The van der Waals surface area contributed by atoms with Gasteiger partial charge in [0.2, 0.25) is 0 Å². The van der Waals surface area contributed by atoms with Crippen molar-refractivity contribution in [3.8, 4) is 0 Å². The van der Waals surface area contributed by atoms with E-state index in [4.69, 9.17) is 11.6 Å². The molecular weight excluding hydrogens is 272 g/mol. The van der Waals surface area contributed by atoms with Gasteiger partial charge in [0.1, 0.15) is 0 Å². The zero-order valence-electron chi connectivity index (χ0n) is 12.1. The van der Waals surface area contributed by atoms with Crippen LogP contribution in [0.4, 0.5) is 0 Å². The van der Waals surface area contributed by atoms with Gasteiger partial charge in [0.15, 0.2) is 0 Å². The molecule has 2 nitrogen and oxygen atoms in total. The molecule has 0 amide bonds. The monoisotopic (exact) mass is 292 g/mol. The van der Waals surface area contributed by atoms with Gasteiger partial charge < -0.3 is 5.11 Å². The van der Waals surface area contributed by atoms with E-state index in [-0.39, 0.29) is 11.3 Å². The van der Waals surface area contributed by atoms with Crippen LogP contribution in [0.5, 0.6) is 0 Å². The second-order valence-corrected chi connectivity index (χ2v) is 7.32. The van der Waals surface area contributed by atoms with Gasteiger partial charge >= 0.3 is 5.97 Å². The number of aryl methyl sites for hydroxylation is 1. The molecule has 0 spiro atoms. The van der Waals surface area contributed by atoms with E-state index in [0.717, 1.165) is 37.1 Å². The van der Waals surface area contributed by atoms with Crippen LogP contribution in [-0.2, 0) is 16.6 Å². The summed E-state index contributed by atoms with van der Waals surface area (Å²) in [6.45, 7) is 4.18. The molecule has 20 heavy (non-hydrogen) atoms. The summed E-state index contributed by atoms with van der Waals surface area (Å²) in [5, 5.41) is 10.5. The third-order valence-corrected chi connectivity index (χ3v) is 6.04. The van der Waals surface area contributed by atoms with Crippen molar-refractivity contribution in [1.82, 2.24) is 0 Å². The van der Waals surface area contributed by atoms with Gasteiger partial charge in [-0.1, -0.05) is 31.0 Å². The van der Waals surface area contributed by atoms with Crippen molar-refractivity contribution in [3.05, 3.63) is 34.3 Å². The zero-order valence-corrected chi connectivity index (χ0v) is 12.8. The molecule has 1 aromatic rings. The number of hydrogen-bond donors (Lipinski definition) is 1. The highest BCUT2D eigenvalue weighted by atomic mass is 35.5. The maximum absolute atomic E-state index is 11.8. The molecule has 2 aliphatic rings. The van der Waals surface area contributed by atoms with Gasteiger partial charge in [-0.2, -0.15) is 0 Å². The summed E-state index contributed by atoms with van der Waals surface area (Å²) < 4.78 is 0. The molecule has 108 valence electrons. The van der Waals surface area contributed by atoms with Gasteiger partial charge in [0, 0.05) is 5.02 Å². The standard InChI is InChI=1S/C17H21ClO2/c1-16-8-3-9-17(2,15(19)20)14(16)7-5-11-4-6-12(18)10-13(11)16/h4,6,10,14H,3,5,7-9H2,1-2H3,(H,19,20). The first-order chi connectivity index (χ1) is 9.38. The van der Waals surface area contributed by atoms with Gasteiger partial charge in [-0.05, 0) is 67.2 Å². The van der Waals surface area contributed by atoms with Crippen LogP contribution in [0.3, 0.4) is 0 Å². The first kappa shape index (κ1) is 13.9. The lowest BCUT2D eigenvalue weighted by atomic mass is 9.50. The maximum atomic E-state index is 11.8. The molecule has 1 saturated carbocycles. The van der Waals surface area contributed by atoms with E-state index < -0.39 is 11.4 Å². The van der Waals surface area contributed by atoms with E-state index in [1.807, 2.05) is 13.0 Å². The van der Waals surface area contributed by atoms with Crippen molar-refractivity contribution in [2.75, 3.05) is 0 Å². The summed E-state index contributed by atoms with van der Waals surface area (Å²) in [7, 11) is 0. The van der Waals surface area contributed by atoms with Crippen LogP contribution in [0, 0.1) is 11.3 Å². The van der Waals surface area contributed by atoms with Gasteiger partial charge in [-0.15, -0.1) is 0 Å². The number of carboxylic acid groups (broad SMARTS) is 1. The Labute approximate surface area is 125 Å². The second kappa shape index (κ2) is 4.49. The molecule has 0 heterocycles. The minimum Gasteiger partial charge on any atom is -0.481 e. The Morgan fingerprint density at radius 2 is 2.10 bits per heavy atom. The van der Waals surface area contributed by atoms with E-state index in [2.05, 4.69) is 19.1 Å². The molecule has 1 aromatic carbocycles. The lowest BCUT2D eigenvalue weighted by Crippen LogP contribution is -2.52. The van der Waals surface area contributed by atoms with Crippen LogP contribution in [0.15, 0.2) is 18.2 Å². The SMILES string of the molecule is CC1(C(=O)O)CCCC2(C)c3cc(Cl)ccc3CCC12. The van der Waals surface area contributed by atoms with Crippen LogP contribution >= 0.6 is 11.6 Å². The molecule has 0 bridgehead atoms. The van der Waals surface area contributed by atoms with Crippen LogP contribution in [-0.4, -0.2) is 11.1 Å². The Morgan fingerprint density at radius 1 is 1.35 bits per heavy atom. The molecule has 1 N–H and O–H groups in total. The number of carbonyl (C=O) groups is 1. The van der Waals surface area contributed by atoms with Crippen LogP contribution in [0.25, 0.3) is 0 Å². The molecule has 1 fully saturated rings. The predicted molar refractivity (Wildman–Crippen MR) is 80.2 cm³/mol. The zero-order chi connectivity index (χ0) is 14.5. The number of aliphatic carboxylic acids is 1. The number of benzene rings is 1. The molecule has 0 saturated heterocycles. The Bertz CT molecular complexity index is 568. The second-order valence-electron chi connectivity index (χ2n) is 6.89. The third kappa shape index (κ3) is 1.81. The van der Waals surface area contributed by atoms with Gasteiger partial charge in [0.25, 0.3) is 0 Å². The Morgan fingerprint density at radius 3 is 2.80 bits per heavy atom. The largest absolute Gasteiger partial charge is 0.481 e. The minimum absolute atomic E-state index is 0.0517. The molecule has 0 aliphatic heterocycles. The molecule has 2 aliphatic carbocycles. The molecule has 3 atom stereocenters. The summed E-state index contributed by atoms with van der Waals surface area (Å²) >= 11 is 6.19. The van der Waals surface area contributed by atoms with E-state index in [1.54, 1.807) is 0 Å². The summed E-state index contributed by atoms with van der Waals surface area (Å²) in [5.74, 6) is -0.439. The maximum Gasteiger partial charge on any atom is 0.309 e. The number of rotatable bonds is 1. The number of halogens is 1. The molecule has 0 radical (unpaired) electrons. The molecular formula is C17H21ClO2. The first-order valence-corrected chi connectivity index (χ1v) is 7.78. The van der Waals surface area contributed by atoms with Gasteiger partial charge in [0.05, 0.1) is 5.41 Å². The fourth-order valence-corrected chi connectivity index (χ4v) is 4.86. The molecule has 3 heteroatoms. The van der Waals surface area contributed by atoms with Crippen molar-refractivity contribution in [2.45, 2.75) is 51.4 Å². The molecule has 3 unspecified atom stereocenters. The van der Waals surface area contributed by atoms with Crippen LogP contribution in [0.1, 0.15) is 50.7 Å². The average Bonchev–Trinajstić information content (AvgIpc) is 2.39. The first-order valence-electron chi connectivity index (χ1n) is 7.40. The summed E-state index contributed by atoms with van der Waals surface area (Å²) in [6.07, 6.45) is 4.76. The van der Waals surface area contributed by atoms with E-state index >= 15 is 0 Å². The summed E-state index contributed by atoms with van der Waals surface area (Å²) in [5.41, 5.74) is 1.98. The molecule has 0 aromatic heterocycles. The smallest absolute Gasteiger partial charge is 0.309 e. The van der Waals surface area contributed by atoms with Crippen LogP contribution < -0.4 is 0 Å². The number of carboxylic acids is 1. The highest BCUT2D eigenvalue weighted by Gasteiger charge is 2.55. The lowest BCUT2D eigenvalue weighted by Gasteiger charge is -2.53. The number of fused-ring (bicyclic) bond motifs is 3. The lowest BCUT2D eigenvalue weighted by molar-refractivity contribution is -0.157. The van der Waals surface area contributed by atoms with E-state index in [1.165, 1.54) is 11.1 Å². The quantitative estimate of drug-likeness (QED) is 0.831. The highest BCUT2D eigenvalue weighted by Crippen LogP contribution is 2.57. The summed E-state index contributed by atoms with van der Waals surface area (Å²) in [4.78, 5) is 11.8. The molecule has 3 rings (SSSR count). The van der Waals surface area contributed by atoms with E-state index in [0.29, 0.717) is 0 Å². The Kier molecular flexibility index (Phi) is 3.13. The normalized spacial score (nSPS) is 36.0. The fraction of sp³-hybridized carbons (Fsp3) is 0.588. The van der Waals surface area contributed by atoms with Crippen molar-refractivity contribution in [1.29, 1.82) is 0 Å². The fourth-order valence-electron chi connectivity index (χ4n) is 4.69. The summed E-state index contributed by atoms with van der Waals surface area (Å²) in [6, 6.07) is 6.13. The van der Waals surface area contributed by atoms with E-state index in [9.17, 15) is 9.90 Å². The number of hydrogen-bond acceptors (Lipinski definition) is 1. The Balaban J connectivity index is 2.13. The average molecular weight is 293 g/mol. The van der Waals surface area contributed by atoms with Gasteiger partial charge in [-0.25, -0.2) is 0 Å². The van der Waals surface area contributed by atoms with Gasteiger partial charge in [-0.3, -0.25) is 4.79 Å². The van der Waals surface area contributed by atoms with Crippen molar-refractivity contribution < 1.29 is 9.90 Å². The topological polar surface area (TPSA) is 37.3 Å².